The molecule has 0 radical (unpaired) electrons. The normalized spacial score (nSPS) is 11.8. The van der Waals surface area contributed by atoms with Gasteiger partial charge in [-0.1, -0.05) is 11.8 Å². The lowest BCUT2D eigenvalue weighted by Gasteiger charge is -2.12. The van der Waals surface area contributed by atoms with Crippen molar-refractivity contribution in [1.82, 2.24) is 19.1 Å². The fourth-order valence-electron chi connectivity index (χ4n) is 1.61. The Morgan fingerprint density at radius 3 is 2.50 bits per heavy atom. The van der Waals surface area contributed by atoms with Crippen LogP contribution in [0.1, 0.15) is 0 Å². The SMILES string of the molecule is CN(C)S(=O)(=O)c1ccc(OCCSc2nncn2C)cc1. The topological polar surface area (TPSA) is 77.3 Å². The molecule has 2 rings (SSSR count). The number of aromatic nitrogens is 3. The summed E-state index contributed by atoms with van der Waals surface area (Å²) in [4.78, 5) is 0.248. The number of thioether (sulfide) groups is 1. The molecule has 0 bridgehead atoms. The molecule has 1 aromatic heterocycles. The molecule has 7 nitrogen and oxygen atoms in total. The van der Waals surface area contributed by atoms with Crippen LogP contribution < -0.4 is 4.74 Å². The van der Waals surface area contributed by atoms with E-state index < -0.39 is 10.0 Å². The van der Waals surface area contributed by atoms with E-state index in [4.69, 9.17) is 4.74 Å². The molecular formula is C13H18N4O3S2. The summed E-state index contributed by atoms with van der Waals surface area (Å²) in [5.41, 5.74) is 0. The summed E-state index contributed by atoms with van der Waals surface area (Å²) >= 11 is 1.55. The van der Waals surface area contributed by atoms with Crippen LogP contribution in [0.15, 0.2) is 40.6 Å². The van der Waals surface area contributed by atoms with Crippen molar-refractivity contribution in [2.75, 3.05) is 26.5 Å². The number of benzene rings is 1. The lowest BCUT2D eigenvalue weighted by atomic mass is 10.3. The summed E-state index contributed by atoms with van der Waals surface area (Å²) in [5, 5.41) is 8.59. The van der Waals surface area contributed by atoms with E-state index in [0.29, 0.717) is 12.4 Å². The quantitative estimate of drug-likeness (QED) is 0.556. The largest absolute Gasteiger partial charge is 0.493 e. The minimum absolute atomic E-state index is 0.248. The number of hydrogen-bond donors (Lipinski definition) is 0. The van der Waals surface area contributed by atoms with E-state index in [2.05, 4.69) is 10.2 Å². The average Bonchev–Trinajstić information content (AvgIpc) is 2.89. The summed E-state index contributed by atoms with van der Waals surface area (Å²) in [5.74, 6) is 1.36. The lowest BCUT2D eigenvalue weighted by molar-refractivity contribution is 0.343. The van der Waals surface area contributed by atoms with Gasteiger partial charge in [0.15, 0.2) is 5.16 Å². The molecule has 0 unspecified atom stereocenters. The molecule has 0 amide bonds. The van der Waals surface area contributed by atoms with Gasteiger partial charge in [-0.05, 0) is 24.3 Å². The number of ether oxygens (including phenoxy) is 1. The first kappa shape index (κ1) is 16.8. The number of sulfonamides is 1. The maximum atomic E-state index is 11.9. The highest BCUT2D eigenvalue weighted by molar-refractivity contribution is 7.99. The van der Waals surface area contributed by atoms with Gasteiger partial charge in [0.25, 0.3) is 0 Å². The highest BCUT2D eigenvalue weighted by Crippen LogP contribution is 2.19. The molecule has 120 valence electrons. The second-order valence-corrected chi connectivity index (χ2v) is 7.89. The Kier molecular flexibility index (Phi) is 5.43. The van der Waals surface area contributed by atoms with Gasteiger partial charge >= 0.3 is 0 Å². The van der Waals surface area contributed by atoms with Crippen molar-refractivity contribution in [2.45, 2.75) is 10.1 Å². The number of rotatable bonds is 7. The Labute approximate surface area is 134 Å². The average molecular weight is 342 g/mol. The van der Waals surface area contributed by atoms with Gasteiger partial charge in [0.05, 0.1) is 11.5 Å². The first-order valence-electron chi connectivity index (χ1n) is 6.53. The van der Waals surface area contributed by atoms with Crippen LogP contribution in [0.25, 0.3) is 0 Å². The van der Waals surface area contributed by atoms with Crippen molar-refractivity contribution < 1.29 is 13.2 Å². The molecule has 0 aliphatic rings. The fourth-order valence-corrected chi connectivity index (χ4v) is 3.22. The molecule has 0 atom stereocenters. The Morgan fingerprint density at radius 2 is 1.95 bits per heavy atom. The molecule has 2 aromatic rings. The summed E-state index contributed by atoms with van der Waals surface area (Å²) in [6, 6.07) is 6.40. The van der Waals surface area contributed by atoms with E-state index in [0.717, 1.165) is 10.9 Å². The van der Waals surface area contributed by atoms with Crippen LogP contribution in [0.4, 0.5) is 0 Å². The van der Waals surface area contributed by atoms with E-state index in [9.17, 15) is 8.42 Å². The van der Waals surface area contributed by atoms with Crippen molar-refractivity contribution in [3.05, 3.63) is 30.6 Å². The van der Waals surface area contributed by atoms with Gasteiger partial charge in [0, 0.05) is 26.9 Å². The van der Waals surface area contributed by atoms with E-state index in [1.54, 1.807) is 42.4 Å². The summed E-state index contributed by atoms with van der Waals surface area (Å²) in [7, 11) is 1.49. The summed E-state index contributed by atoms with van der Waals surface area (Å²) < 4.78 is 32.5. The van der Waals surface area contributed by atoms with Crippen LogP contribution in [0.2, 0.25) is 0 Å². The van der Waals surface area contributed by atoms with Gasteiger partial charge in [0.1, 0.15) is 12.1 Å². The van der Waals surface area contributed by atoms with Crippen LogP contribution in [-0.2, 0) is 17.1 Å². The van der Waals surface area contributed by atoms with Gasteiger partial charge in [-0.3, -0.25) is 0 Å². The smallest absolute Gasteiger partial charge is 0.242 e. The molecule has 0 saturated carbocycles. The van der Waals surface area contributed by atoms with Crippen LogP contribution in [0.5, 0.6) is 5.75 Å². The molecule has 22 heavy (non-hydrogen) atoms. The van der Waals surface area contributed by atoms with Crippen molar-refractivity contribution in [1.29, 1.82) is 0 Å². The maximum Gasteiger partial charge on any atom is 0.242 e. The van der Waals surface area contributed by atoms with Crippen LogP contribution in [0, 0.1) is 0 Å². The van der Waals surface area contributed by atoms with Crippen LogP contribution >= 0.6 is 11.8 Å². The molecule has 0 fully saturated rings. The second-order valence-electron chi connectivity index (χ2n) is 4.68. The predicted octanol–water partition coefficient (Wildman–Crippen LogP) is 1.24. The van der Waals surface area contributed by atoms with E-state index in [1.165, 1.54) is 18.4 Å². The standard InChI is InChI=1S/C13H18N4O3S2/c1-16(2)22(18,19)12-6-4-11(5-7-12)20-8-9-21-13-15-14-10-17(13)3/h4-7,10H,8-9H2,1-3H3. The Balaban J connectivity index is 1.86. The predicted molar refractivity (Wildman–Crippen MR) is 84.5 cm³/mol. The Hall–Kier alpha value is -1.58. The minimum atomic E-state index is -3.40. The molecule has 0 aliphatic carbocycles. The van der Waals surface area contributed by atoms with Crippen molar-refractivity contribution in [3.63, 3.8) is 0 Å². The monoisotopic (exact) mass is 342 g/mol. The molecule has 1 aromatic carbocycles. The zero-order valence-corrected chi connectivity index (χ0v) is 14.3. The molecule has 1 heterocycles. The third-order valence-electron chi connectivity index (χ3n) is 2.86. The van der Waals surface area contributed by atoms with Crippen LogP contribution in [-0.4, -0.2) is 53.9 Å². The molecular weight excluding hydrogens is 324 g/mol. The first-order valence-corrected chi connectivity index (χ1v) is 8.96. The van der Waals surface area contributed by atoms with Gasteiger partial charge < -0.3 is 9.30 Å². The summed E-state index contributed by atoms with van der Waals surface area (Å²) in [6.07, 6.45) is 1.65. The molecule has 0 N–H and O–H groups in total. The highest BCUT2D eigenvalue weighted by atomic mass is 32.2. The molecule has 9 heteroatoms. The number of hydrogen-bond acceptors (Lipinski definition) is 6. The zero-order valence-electron chi connectivity index (χ0n) is 12.6. The fraction of sp³-hybridized carbons (Fsp3) is 0.385. The van der Waals surface area contributed by atoms with Gasteiger partial charge in [-0.15, -0.1) is 10.2 Å². The first-order chi connectivity index (χ1) is 10.4. The van der Waals surface area contributed by atoms with Crippen LogP contribution in [0.3, 0.4) is 0 Å². The summed E-state index contributed by atoms with van der Waals surface area (Å²) in [6.45, 7) is 0.497. The number of nitrogens with zero attached hydrogens (tertiary/aromatic N) is 4. The van der Waals surface area contributed by atoms with E-state index in [-0.39, 0.29) is 4.90 Å². The van der Waals surface area contributed by atoms with Gasteiger partial charge in [0.2, 0.25) is 10.0 Å². The van der Waals surface area contributed by atoms with Crippen molar-refractivity contribution in [2.24, 2.45) is 7.05 Å². The second kappa shape index (κ2) is 7.12. The molecule has 0 saturated heterocycles. The zero-order chi connectivity index (χ0) is 16.2. The van der Waals surface area contributed by atoms with Crippen molar-refractivity contribution >= 4 is 21.8 Å². The maximum absolute atomic E-state index is 11.9. The van der Waals surface area contributed by atoms with Gasteiger partial charge in [-0.2, -0.15) is 0 Å². The number of aryl methyl sites for hydroxylation is 1. The Morgan fingerprint density at radius 1 is 1.27 bits per heavy atom. The lowest BCUT2D eigenvalue weighted by Crippen LogP contribution is -2.22. The van der Waals surface area contributed by atoms with E-state index in [1.807, 2.05) is 11.6 Å². The van der Waals surface area contributed by atoms with Gasteiger partial charge in [-0.25, -0.2) is 12.7 Å². The minimum Gasteiger partial charge on any atom is -0.493 e. The Bertz CT molecular complexity index is 711. The molecule has 0 aliphatic heterocycles. The highest BCUT2D eigenvalue weighted by Gasteiger charge is 2.16. The third-order valence-corrected chi connectivity index (χ3v) is 5.68. The third kappa shape index (κ3) is 3.99. The van der Waals surface area contributed by atoms with Crippen molar-refractivity contribution in [3.8, 4) is 5.75 Å². The van der Waals surface area contributed by atoms with E-state index >= 15 is 0 Å². The molecule has 0 spiro atoms.